The van der Waals surface area contributed by atoms with Gasteiger partial charge in [-0.3, -0.25) is 24.1 Å². The van der Waals surface area contributed by atoms with E-state index in [9.17, 15) is 27.6 Å². The van der Waals surface area contributed by atoms with E-state index in [-0.39, 0.29) is 11.5 Å². The third-order valence-corrected chi connectivity index (χ3v) is 10.7. The number of hydrogen-bond donors (Lipinski definition) is 2. The van der Waals surface area contributed by atoms with E-state index in [1.165, 1.54) is 35.0 Å². The number of likely N-dealkylation sites (N-methyl/N-ethyl adjacent to an activating group) is 1. The van der Waals surface area contributed by atoms with Gasteiger partial charge in [-0.1, -0.05) is 48.2 Å². The molecule has 13 heteroatoms. The zero-order valence-corrected chi connectivity index (χ0v) is 23.6. The van der Waals surface area contributed by atoms with Crippen LogP contribution in [0.15, 0.2) is 54.7 Å². The minimum absolute atomic E-state index is 0.0418. The summed E-state index contributed by atoms with van der Waals surface area (Å²) < 4.78 is 27.1. The molecule has 0 spiro atoms. The number of benzene rings is 2. The van der Waals surface area contributed by atoms with E-state index in [0.29, 0.717) is 28.6 Å². The molecule has 0 bridgehead atoms. The van der Waals surface area contributed by atoms with Gasteiger partial charge in [-0.15, -0.1) is 0 Å². The summed E-state index contributed by atoms with van der Waals surface area (Å²) >= 11 is 1.42. The van der Waals surface area contributed by atoms with Crippen LogP contribution in [0.4, 0.5) is 5.69 Å². The fourth-order valence-electron chi connectivity index (χ4n) is 6.50. The number of fused-ring (bicyclic) bond motifs is 6. The summed E-state index contributed by atoms with van der Waals surface area (Å²) in [7, 11) is -1.85. The number of thioether (sulfide) groups is 2. The highest BCUT2D eigenvalue weighted by Crippen LogP contribution is 2.65. The van der Waals surface area contributed by atoms with Gasteiger partial charge in [-0.05, 0) is 35.0 Å². The maximum absolute atomic E-state index is 14.3. The Morgan fingerprint density at radius 1 is 1.00 bits per heavy atom. The van der Waals surface area contributed by atoms with E-state index < -0.39 is 49.6 Å². The summed E-state index contributed by atoms with van der Waals surface area (Å²) in [5, 5.41) is -1.16. The summed E-state index contributed by atoms with van der Waals surface area (Å²) in [4.78, 5) is 57.4. The highest BCUT2D eigenvalue weighted by molar-refractivity contribution is 8.15. The Bertz CT molecular complexity index is 1660. The number of para-hydroxylation sites is 2. The number of nitrogens with zero attached hydrogens (tertiary/aromatic N) is 3. The number of carbonyl (C=O) groups is 4. The Labute approximate surface area is 234 Å². The summed E-state index contributed by atoms with van der Waals surface area (Å²) in [6.07, 6.45) is 0.572. The van der Waals surface area contributed by atoms with Crippen molar-refractivity contribution >= 4 is 73.0 Å². The van der Waals surface area contributed by atoms with Crippen molar-refractivity contribution in [3.05, 3.63) is 65.9 Å². The molecule has 1 aromatic heterocycles. The van der Waals surface area contributed by atoms with E-state index in [1.807, 2.05) is 30.3 Å². The molecule has 6 rings (SSSR count). The molecule has 4 atom stereocenters. The van der Waals surface area contributed by atoms with Crippen LogP contribution in [0.5, 0.6) is 0 Å². The molecule has 3 aromatic rings. The van der Waals surface area contributed by atoms with Crippen LogP contribution in [0.1, 0.15) is 31.4 Å². The third-order valence-electron chi connectivity index (χ3n) is 7.75. The Morgan fingerprint density at radius 2 is 1.69 bits per heavy atom. The van der Waals surface area contributed by atoms with E-state index in [2.05, 4.69) is 4.98 Å². The lowest BCUT2D eigenvalue weighted by molar-refractivity contribution is -0.157. The molecule has 2 aromatic carbocycles. The lowest BCUT2D eigenvalue weighted by atomic mass is 9.72. The van der Waals surface area contributed by atoms with Crippen molar-refractivity contribution in [3.8, 4) is 0 Å². The van der Waals surface area contributed by atoms with Gasteiger partial charge < -0.3 is 9.88 Å². The van der Waals surface area contributed by atoms with Crippen LogP contribution in [-0.4, -0.2) is 68.7 Å². The SMILES string of the molecule is CC(=O)S[C@H]1C(=O)N2[C@H]3N([SH](=O)=O)c4ccccc4[C@@]3(c3c[nH]c4ccccc34)C[C@]2(SC(C)=O)C(=O)N1C. The third kappa shape index (κ3) is 3.39. The number of anilines is 1. The first-order valence-electron chi connectivity index (χ1n) is 12.1. The van der Waals surface area contributed by atoms with Crippen LogP contribution in [0.2, 0.25) is 0 Å². The van der Waals surface area contributed by atoms with Crippen molar-refractivity contribution in [2.45, 2.75) is 42.1 Å². The lowest BCUT2D eigenvalue weighted by Crippen LogP contribution is -2.69. The van der Waals surface area contributed by atoms with Crippen molar-refractivity contribution in [1.29, 1.82) is 0 Å². The first kappa shape index (κ1) is 26.0. The molecule has 2 fully saturated rings. The second kappa shape index (κ2) is 8.86. The zero-order chi connectivity index (χ0) is 27.9. The predicted molar refractivity (Wildman–Crippen MR) is 149 cm³/mol. The maximum Gasteiger partial charge on any atom is 0.260 e. The molecule has 3 aliphatic heterocycles. The molecule has 0 unspecified atom stereocenters. The monoisotopic (exact) mass is 584 g/mol. The van der Waals surface area contributed by atoms with Crippen LogP contribution in [-0.2, 0) is 35.5 Å². The number of piperazine rings is 1. The molecule has 39 heavy (non-hydrogen) atoms. The molecule has 2 saturated heterocycles. The Kier molecular flexibility index (Phi) is 5.90. The Hall–Kier alpha value is -3.29. The van der Waals surface area contributed by atoms with E-state index in [0.717, 1.165) is 22.7 Å². The minimum Gasteiger partial charge on any atom is -0.361 e. The fraction of sp³-hybridized carbons (Fsp3) is 0.308. The van der Waals surface area contributed by atoms with E-state index >= 15 is 0 Å². The van der Waals surface area contributed by atoms with Gasteiger partial charge in [-0.25, -0.2) is 12.7 Å². The molecular formula is C26H24N4O6S3. The lowest BCUT2D eigenvalue weighted by Gasteiger charge is -2.48. The van der Waals surface area contributed by atoms with Gasteiger partial charge in [0.1, 0.15) is 6.17 Å². The number of carbonyl (C=O) groups excluding carboxylic acids is 4. The average molecular weight is 585 g/mol. The quantitative estimate of drug-likeness (QED) is 0.448. The zero-order valence-electron chi connectivity index (χ0n) is 21.1. The van der Waals surface area contributed by atoms with Crippen LogP contribution in [0.3, 0.4) is 0 Å². The number of aromatic nitrogens is 1. The van der Waals surface area contributed by atoms with Gasteiger partial charge in [0, 0.05) is 44.4 Å². The van der Waals surface area contributed by atoms with Gasteiger partial charge in [0.05, 0.1) is 11.1 Å². The van der Waals surface area contributed by atoms with Gasteiger partial charge in [0.15, 0.2) is 20.5 Å². The first-order chi connectivity index (χ1) is 18.5. The largest absolute Gasteiger partial charge is 0.361 e. The van der Waals surface area contributed by atoms with Crippen molar-refractivity contribution in [3.63, 3.8) is 0 Å². The van der Waals surface area contributed by atoms with Gasteiger partial charge >= 0.3 is 0 Å². The molecule has 10 nitrogen and oxygen atoms in total. The molecule has 3 aliphatic rings. The van der Waals surface area contributed by atoms with Crippen LogP contribution >= 0.6 is 23.5 Å². The van der Waals surface area contributed by atoms with E-state index in [4.69, 9.17) is 0 Å². The first-order valence-corrected chi connectivity index (χ1v) is 14.9. The minimum atomic E-state index is -3.28. The molecule has 4 heterocycles. The van der Waals surface area contributed by atoms with Crippen molar-refractivity contribution in [2.24, 2.45) is 0 Å². The second-order valence-corrected chi connectivity index (χ2v) is 13.5. The normalized spacial score (nSPS) is 27.7. The maximum atomic E-state index is 14.3. The average Bonchev–Trinajstić information content (AvgIpc) is 3.52. The topological polar surface area (TPSA) is 128 Å². The molecule has 0 aliphatic carbocycles. The second-order valence-electron chi connectivity index (χ2n) is 9.83. The Balaban J connectivity index is 1.72. The number of rotatable bonds is 4. The highest BCUT2D eigenvalue weighted by atomic mass is 32.2. The molecular weight excluding hydrogens is 561 g/mol. The van der Waals surface area contributed by atoms with Crippen LogP contribution < -0.4 is 4.31 Å². The standard InChI is InChI=1S/C26H24N4O6S3/c1-14(31)37-22-21(33)29-23-25(18-12-27-19-10-6-4-8-16(18)19,13-26(29,38-15(2)32)24(34)28(22)3)17-9-5-7-11-20(17)30(23)39(35)36/h4-12,22-23,27,39H,13H2,1-3H3/t22-,23-,25+,26-/m0/s1. The summed E-state index contributed by atoms with van der Waals surface area (Å²) in [5.74, 6) is -1.14. The number of nitrogens with one attached hydrogen (secondary N) is 1. The summed E-state index contributed by atoms with van der Waals surface area (Å²) in [5.41, 5.74) is 1.36. The molecule has 0 saturated carbocycles. The van der Waals surface area contributed by atoms with Gasteiger partial charge in [0.25, 0.3) is 11.8 Å². The fourth-order valence-corrected chi connectivity index (χ4v) is 9.41. The number of H-pyrrole nitrogens is 1. The number of amides is 2. The van der Waals surface area contributed by atoms with Crippen LogP contribution in [0.25, 0.3) is 10.9 Å². The van der Waals surface area contributed by atoms with Gasteiger partial charge in [-0.2, -0.15) is 0 Å². The smallest absolute Gasteiger partial charge is 0.260 e. The summed E-state index contributed by atoms with van der Waals surface area (Å²) in [6.45, 7) is 2.62. The number of hydrogen-bond acceptors (Lipinski definition) is 8. The summed E-state index contributed by atoms with van der Waals surface area (Å²) in [6, 6.07) is 14.5. The number of thiol groups is 1. The molecule has 0 radical (unpaired) electrons. The number of aromatic amines is 1. The van der Waals surface area contributed by atoms with Crippen molar-refractivity contribution in [2.75, 3.05) is 11.4 Å². The Morgan fingerprint density at radius 3 is 2.38 bits per heavy atom. The van der Waals surface area contributed by atoms with Crippen molar-refractivity contribution in [1.82, 2.24) is 14.8 Å². The highest BCUT2D eigenvalue weighted by Gasteiger charge is 2.75. The van der Waals surface area contributed by atoms with Crippen LogP contribution in [0, 0.1) is 0 Å². The molecule has 2 amide bonds. The van der Waals surface area contributed by atoms with Gasteiger partial charge in [0.2, 0.25) is 10.9 Å². The predicted octanol–water partition coefficient (Wildman–Crippen LogP) is 2.41. The molecule has 1 N–H and O–H groups in total. The van der Waals surface area contributed by atoms with Crippen molar-refractivity contribution < 1.29 is 27.6 Å². The molecule has 202 valence electrons. The van der Waals surface area contributed by atoms with E-state index in [1.54, 1.807) is 24.4 Å².